The average Bonchev–Trinajstić information content (AvgIpc) is 2.62. The van der Waals surface area contributed by atoms with Crippen LogP contribution < -0.4 is 14.9 Å². The largest absolute Gasteiger partial charge is 0.489 e. The molecular formula is C19H19ClN2O3. The fourth-order valence-electron chi connectivity index (χ4n) is 1.89. The maximum absolute atomic E-state index is 12.0. The summed E-state index contributed by atoms with van der Waals surface area (Å²) < 4.78 is 11.1. The summed E-state index contributed by atoms with van der Waals surface area (Å²) in [7, 11) is 0. The van der Waals surface area contributed by atoms with Gasteiger partial charge < -0.3 is 9.47 Å². The number of hydrazone groups is 1. The van der Waals surface area contributed by atoms with Gasteiger partial charge in [0.2, 0.25) is 0 Å². The van der Waals surface area contributed by atoms with E-state index < -0.39 is 6.10 Å². The van der Waals surface area contributed by atoms with Crippen molar-refractivity contribution in [3.8, 4) is 11.5 Å². The lowest BCUT2D eigenvalue weighted by Crippen LogP contribution is -2.33. The number of benzene rings is 2. The second-order valence-corrected chi connectivity index (χ2v) is 5.52. The van der Waals surface area contributed by atoms with Crippen molar-refractivity contribution < 1.29 is 14.3 Å². The summed E-state index contributed by atoms with van der Waals surface area (Å²) in [6.45, 7) is 5.64. The number of ether oxygens (including phenoxy) is 2. The summed E-state index contributed by atoms with van der Waals surface area (Å²) in [4.78, 5) is 12.0. The van der Waals surface area contributed by atoms with Crippen molar-refractivity contribution in [1.82, 2.24) is 5.43 Å². The number of para-hydroxylation sites is 1. The molecule has 2 rings (SSSR count). The number of hydrogen-bond donors (Lipinski definition) is 1. The smallest absolute Gasteiger partial charge is 0.280 e. The molecule has 130 valence electrons. The minimum atomic E-state index is -0.703. The van der Waals surface area contributed by atoms with Crippen molar-refractivity contribution >= 4 is 23.7 Å². The normalized spacial score (nSPS) is 11.8. The van der Waals surface area contributed by atoms with E-state index in [4.69, 9.17) is 21.1 Å². The molecule has 0 heterocycles. The van der Waals surface area contributed by atoms with Crippen LogP contribution in [-0.2, 0) is 4.79 Å². The van der Waals surface area contributed by atoms with Crippen molar-refractivity contribution in [2.75, 3.05) is 6.61 Å². The van der Waals surface area contributed by atoms with E-state index in [0.29, 0.717) is 23.1 Å². The third kappa shape index (κ3) is 5.97. The number of nitrogens with one attached hydrogen (secondary N) is 1. The van der Waals surface area contributed by atoms with Crippen molar-refractivity contribution in [2.24, 2.45) is 5.10 Å². The Labute approximate surface area is 151 Å². The van der Waals surface area contributed by atoms with Gasteiger partial charge in [0, 0.05) is 10.6 Å². The molecule has 1 atom stereocenters. The van der Waals surface area contributed by atoms with Crippen LogP contribution in [0.15, 0.2) is 66.3 Å². The number of rotatable bonds is 8. The fraction of sp³-hybridized carbons (Fsp3) is 0.158. The molecule has 1 amide bonds. The Kier molecular flexibility index (Phi) is 7.04. The minimum Gasteiger partial charge on any atom is -0.489 e. The predicted octanol–water partition coefficient (Wildman–Crippen LogP) is 3.82. The van der Waals surface area contributed by atoms with Gasteiger partial charge in [-0.05, 0) is 43.3 Å². The lowest BCUT2D eigenvalue weighted by molar-refractivity contribution is -0.127. The van der Waals surface area contributed by atoms with Gasteiger partial charge in [-0.3, -0.25) is 4.79 Å². The van der Waals surface area contributed by atoms with E-state index in [2.05, 4.69) is 17.1 Å². The molecule has 0 saturated heterocycles. The average molecular weight is 359 g/mol. The summed E-state index contributed by atoms with van der Waals surface area (Å²) in [5, 5.41) is 4.56. The number of carbonyl (C=O) groups excluding carboxylic acids is 1. The summed E-state index contributed by atoms with van der Waals surface area (Å²) in [6.07, 6.45) is 2.47. The van der Waals surface area contributed by atoms with E-state index in [1.807, 2.05) is 24.3 Å². The minimum absolute atomic E-state index is 0.365. The Morgan fingerprint density at radius 1 is 1.28 bits per heavy atom. The Hall–Kier alpha value is -2.79. The lowest BCUT2D eigenvalue weighted by atomic mass is 10.2. The molecule has 0 aliphatic rings. The molecule has 0 radical (unpaired) electrons. The Bertz CT molecular complexity index is 745. The lowest BCUT2D eigenvalue weighted by Gasteiger charge is -2.13. The number of nitrogens with zero attached hydrogens (tertiary/aromatic N) is 1. The molecule has 0 spiro atoms. The van der Waals surface area contributed by atoms with Crippen molar-refractivity contribution in [3.05, 3.63) is 71.8 Å². The molecule has 0 bridgehead atoms. The van der Waals surface area contributed by atoms with Crippen molar-refractivity contribution in [1.29, 1.82) is 0 Å². The molecule has 0 aromatic heterocycles. The molecule has 0 fully saturated rings. The third-order valence-corrected chi connectivity index (χ3v) is 3.40. The molecule has 2 aromatic rings. The summed E-state index contributed by atoms with van der Waals surface area (Å²) in [5.41, 5.74) is 3.20. The Morgan fingerprint density at radius 2 is 2.00 bits per heavy atom. The SMILES string of the molecule is C=CCOc1ccccc1/C=N/NC(=O)C(C)Oc1ccc(Cl)cc1. The van der Waals surface area contributed by atoms with E-state index in [1.54, 1.807) is 37.3 Å². The van der Waals surface area contributed by atoms with Crippen molar-refractivity contribution in [3.63, 3.8) is 0 Å². The van der Waals surface area contributed by atoms with Crippen molar-refractivity contribution in [2.45, 2.75) is 13.0 Å². The topological polar surface area (TPSA) is 59.9 Å². The van der Waals surface area contributed by atoms with Gasteiger partial charge in [-0.2, -0.15) is 5.10 Å². The number of carbonyl (C=O) groups is 1. The molecule has 1 N–H and O–H groups in total. The first-order valence-electron chi connectivity index (χ1n) is 7.68. The maximum Gasteiger partial charge on any atom is 0.280 e. The van der Waals surface area contributed by atoms with Crippen LogP contribution in [0.25, 0.3) is 0 Å². The van der Waals surface area contributed by atoms with Crippen LogP contribution in [0.4, 0.5) is 0 Å². The molecule has 25 heavy (non-hydrogen) atoms. The van der Waals surface area contributed by atoms with Gasteiger partial charge in [0.1, 0.15) is 18.1 Å². The molecule has 5 nitrogen and oxygen atoms in total. The van der Waals surface area contributed by atoms with E-state index in [9.17, 15) is 4.79 Å². The zero-order valence-electron chi connectivity index (χ0n) is 13.8. The quantitative estimate of drug-likeness (QED) is 0.443. The van der Waals surface area contributed by atoms with Crippen LogP contribution in [0.5, 0.6) is 11.5 Å². The number of hydrogen-bond acceptors (Lipinski definition) is 4. The third-order valence-electron chi connectivity index (χ3n) is 3.15. The van der Waals surface area contributed by atoms with Crippen LogP contribution in [-0.4, -0.2) is 24.8 Å². The highest BCUT2D eigenvalue weighted by Gasteiger charge is 2.13. The molecule has 6 heteroatoms. The molecule has 2 aromatic carbocycles. The van der Waals surface area contributed by atoms with Crippen LogP contribution in [0.1, 0.15) is 12.5 Å². The second kappa shape index (κ2) is 9.49. The first-order chi connectivity index (χ1) is 12.1. The van der Waals surface area contributed by atoms with Gasteiger partial charge in [-0.25, -0.2) is 5.43 Å². The zero-order valence-corrected chi connectivity index (χ0v) is 14.6. The summed E-state index contributed by atoms with van der Waals surface area (Å²) in [5.74, 6) is 0.848. The predicted molar refractivity (Wildman–Crippen MR) is 99.4 cm³/mol. The summed E-state index contributed by atoms with van der Waals surface area (Å²) >= 11 is 5.81. The van der Waals surface area contributed by atoms with Gasteiger partial charge in [-0.15, -0.1) is 0 Å². The summed E-state index contributed by atoms with van der Waals surface area (Å²) in [6, 6.07) is 14.2. The highest BCUT2D eigenvalue weighted by molar-refractivity contribution is 6.30. The van der Waals surface area contributed by atoms with E-state index in [-0.39, 0.29) is 5.91 Å². The van der Waals surface area contributed by atoms with Crippen LogP contribution in [0.2, 0.25) is 5.02 Å². The van der Waals surface area contributed by atoms with Gasteiger partial charge in [-0.1, -0.05) is 36.4 Å². The monoisotopic (exact) mass is 358 g/mol. The first-order valence-corrected chi connectivity index (χ1v) is 8.06. The van der Waals surface area contributed by atoms with E-state index >= 15 is 0 Å². The first kappa shape index (κ1) is 18.5. The van der Waals surface area contributed by atoms with Gasteiger partial charge in [0.25, 0.3) is 5.91 Å². The number of amides is 1. The van der Waals surface area contributed by atoms with Gasteiger partial charge in [0.05, 0.1) is 6.21 Å². The highest BCUT2D eigenvalue weighted by atomic mass is 35.5. The fourth-order valence-corrected chi connectivity index (χ4v) is 2.02. The molecular weight excluding hydrogens is 340 g/mol. The molecule has 0 aliphatic carbocycles. The second-order valence-electron chi connectivity index (χ2n) is 5.09. The molecule has 1 unspecified atom stereocenters. The van der Waals surface area contributed by atoms with Gasteiger partial charge in [0.15, 0.2) is 6.10 Å². The van der Waals surface area contributed by atoms with Crippen LogP contribution in [0.3, 0.4) is 0 Å². The molecule has 0 aliphatic heterocycles. The van der Waals surface area contributed by atoms with Gasteiger partial charge >= 0.3 is 0 Å². The molecule has 0 saturated carbocycles. The highest BCUT2D eigenvalue weighted by Crippen LogP contribution is 2.17. The Balaban J connectivity index is 1.91. The van der Waals surface area contributed by atoms with Crippen LogP contribution in [0, 0.1) is 0 Å². The maximum atomic E-state index is 12.0. The standard InChI is InChI=1S/C19H19ClN2O3/c1-3-12-24-18-7-5-4-6-15(18)13-21-22-19(23)14(2)25-17-10-8-16(20)9-11-17/h3-11,13-14H,1,12H2,2H3,(H,22,23)/b21-13+. The Morgan fingerprint density at radius 3 is 2.72 bits per heavy atom. The van der Waals surface area contributed by atoms with E-state index in [1.165, 1.54) is 6.21 Å². The number of halogens is 1. The van der Waals surface area contributed by atoms with Crippen LogP contribution >= 0.6 is 11.6 Å². The van der Waals surface area contributed by atoms with E-state index in [0.717, 1.165) is 5.56 Å². The zero-order chi connectivity index (χ0) is 18.1.